The molecule has 0 saturated carbocycles. The third kappa shape index (κ3) is 3.56. The molecule has 0 atom stereocenters. The van der Waals surface area contributed by atoms with Gasteiger partial charge in [-0.05, 0) is 47.2 Å². The van der Waals surface area contributed by atoms with Crippen LogP contribution < -0.4 is 11.4 Å². The Morgan fingerprint density at radius 3 is 2.38 bits per heavy atom. The van der Waals surface area contributed by atoms with Crippen molar-refractivity contribution in [2.24, 2.45) is 4.99 Å². The molecule has 0 N–H and O–H groups in total. The van der Waals surface area contributed by atoms with E-state index in [0.717, 1.165) is 32.9 Å². The predicted molar refractivity (Wildman–Crippen MR) is 127 cm³/mol. The van der Waals surface area contributed by atoms with E-state index in [-0.39, 0.29) is 0 Å². The maximum absolute atomic E-state index is 6.39. The summed E-state index contributed by atoms with van der Waals surface area (Å²) in [7, 11) is 0. The molecule has 0 radical (unpaired) electrons. The lowest BCUT2D eigenvalue weighted by atomic mass is 10.1. The van der Waals surface area contributed by atoms with Gasteiger partial charge in [-0.25, -0.2) is 0 Å². The van der Waals surface area contributed by atoms with Crippen LogP contribution in [-0.2, 0) is 0 Å². The lowest BCUT2D eigenvalue weighted by Gasteiger charge is -2.18. The molecule has 6 heteroatoms. The Bertz CT molecular complexity index is 1480. The van der Waals surface area contributed by atoms with Crippen molar-refractivity contribution >= 4 is 48.7 Å². The molecule has 1 aromatic heterocycles. The molecule has 0 amide bonds. The first kappa shape index (κ1) is 18.9. The number of para-hydroxylation sites is 2. The van der Waals surface area contributed by atoms with Crippen LogP contribution in [0.15, 0.2) is 102 Å². The molecule has 0 spiro atoms. The molecule has 2 heterocycles. The Balaban J connectivity index is 1.47. The van der Waals surface area contributed by atoms with Crippen molar-refractivity contribution in [2.75, 3.05) is 0 Å². The fourth-order valence-electron chi connectivity index (χ4n) is 3.79. The van der Waals surface area contributed by atoms with Crippen LogP contribution in [-0.4, -0.2) is 26.3 Å². The molecule has 5 nitrogen and oxygen atoms in total. The number of rotatable bonds is 2. The van der Waals surface area contributed by atoms with Crippen molar-refractivity contribution in [3.63, 3.8) is 0 Å². The minimum atomic E-state index is -2.74. The molecular formula is C26H17AlN2O3. The molecule has 4 aromatic carbocycles. The van der Waals surface area contributed by atoms with Gasteiger partial charge in [-0.3, -0.25) is 9.98 Å². The van der Waals surface area contributed by atoms with Crippen molar-refractivity contribution < 1.29 is 11.4 Å². The monoisotopic (exact) mass is 432 g/mol. The molecule has 0 saturated heterocycles. The standard InChI is InChI=1S/C17H13NO2.C9H7NO.Al/c19-16-8-4-3-7-14(16)11-18-15-9-12-5-1-2-6-13(12)10-17(15)20;11-8-5-1-3-7-4-2-6-10-9(7)8;/h1-11,19-20H;1-6,11H;/q;;+3/p-3. The zero-order valence-corrected chi connectivity index (χ0v) is 18.2. The van der Waals surface area contributed by atoms with Gasteiger partial charge in [0.05, 0.1) is 5.75 Å². The van der Waals surface area contributed by atoms with Gasteiger partial charge in [0, 0.05) is 23.4 Å². The van der Waals surface area contributed by atoms with E-state index >= 15 is 0 Å². The summed E-state index contributed by atoms with van der Waals surface area (Å²) in [5.41, 5.74) is 2.38. The fraction of sp³-hybridized carbons (Fsp3) is 0. The summed E-state index contributed by atoms with van der Waals surface area (Å²) in [6.45, 7) is 0. The number of pyridine rings is 1. The van der Waals surface area contributed by atoms with Gasteiger partial charge in [-0.1, -0.05) is 54.6 Å². The van der Waals surface area contributed by atoms with Crippen LogP contribution in [0, 0.1) is 0 Å². The summed E-state index contributed by atoms with van der Waals surface area (Å²) >= 11 is -2.74. The summed E-state index contributed by atoms with van der Waals surface area (Å²) < 4.78 is 19.1. The summed E-state index contributed by atoms with van der Waals surface area (Å²) in [6.07, 6.45) is 3.56. The molecule has 1 aliphatic rings. The number of fused-ring (bicyclic) bond motifs is 4. The molecule has 1 aliphatic heterocycles. The zero-order chi connectivity index (χ0) is 21.3. The molecule has 6 rings (SSSR count). The average molecular weight is 432 g/mol. The second-order valence-electron chi connectivity index (χ2n) is 7.44. The molecule has 0 bridgehead atoms. The molecule has 0 unspecified atom stereocenters. The predicted octanol–water partition coefficient (Wildman–Crippen LogP) is 5.97. The highest BCUT2D eigenvalue weighted by Gasteiger charge is 2.46. The quantitative estimate of drug-likeness (QED) is 0.322. The van der Waals surface area contributed by atoms with Crippen molar-refractivity contribution in [3.05, 3.63) is 103 Å². The second-order valence-corrected chi connectivity index (χ2v) is 8.72. The first-order valence-electron chi connectivity index (χ1n) is 10.3. The van der Waals surface area contributed by atoms with Gasteiger partial charge in [0.25, 0.3) is 0 Å². The Morgan fingerprint density at radius 1 is 0.688 bits per heavy atom. The topological polar surface area (TPSA) is 52.9 Å². The second kappa shape index (κ2) is 8.01. The lowest BCUT2D eigenvalue weighted by molar-refractivity contribution is 0.309. The van der Waals surface area contributed by atoms with E-state index in [2.05, 4.69) is 17.1 Å². The lowest BCUT2D eigenvalue weighted by Crippen LogP contribution is -2.37. The van der Waals surface area contributed by atoms with Crippen LogP contribution in [0.4, 0.5) is 5.69 Å². The normalized spacial score (nSPS) is 12.7. The van der Waals surface area contributed by atoms with Crippen LogP contribution in [0.5, 0.6) is 17.2 Å². The van der Waals surface area contributed by atoms with E-state index < -0.39 is 15.1 Å². The van der Waals surface area contributed by atoms with Crippen LogP contribution in [0.3, 0.4) is 0 Å². The highest BCUT2D eigenvalue weighted by molar-refractivity contribution is 6.40. The summed E-state index contributed by atoms with van der Waals surface area (Å²) in [5.74, 6) is 1.95. The van der Waals surface area contributed by atoms with Crippen molar-refractivity contribution in [3.8, 4) is 17.2 Å². The van der Waals surface area contributed by atoms with E-state index in [1.54, 1.807) is 6.20 Å². The third-order valence-corrected chi connectivity index (χ3v) is 6.69. The van der Waals surface area contributed by atoms with Gasteiger partial charge in [0.15, 0.2) is 0 Å². The highest BCUT2D eigenvalue weighted by atomic mass is 27.3. The molecule has 0 fully saturated rings. The SMILES string of the molecule is C1=Nc2cc3ccccc3cc2[O][Al]([O]c2cccc3cccnc23)[O]c2ccccc21. The van der Waals surface area contributed by atoms with Gasteiger partial charge < -0.3 is 11.4 Å². The summed E-state index contributed by atoms with van der Waals surface area (Å²) in [5, 5.41) is 3.16. The first-order valence-corrected chi connectivity index (χ1v) is 11.7. The van der Waals surface area contributed by atoms with Gasteiger partial charge >= 0.3 is 15.1 Å². The van der Waals surface area contributed by atoms with Crippen molar-refractivity contribution in [2.45, 2.75) is 0 Å². The summed E-state index contributed by atoms with van der Waals surface area (Å²) in [4.78, 5) is 9.21. The zero-order valence-electron chi connectivity index (χ0n) is 17.0. The van der Waals surface area contributed by atoms with Crippen LogP contribution in [0.2, 0.25) is 0 Å². The van der Waals surface area contributed by atoms with E-state index in [4.69, 9.17) is 16.4 Å². The van der Waals surface area contributed by atoms with Gasteiger partial charge in [0.1, 0.15) is 22.7 Å². The number of hydrogen-bond acceptors (Lipinski definition) is 5. The smallest absolute Gasteiger partial charge is 0.577 e. The largest absolute Gasteiger partial charge is 1.20 e. The fourth-order valence-corrected chi connectivity index (χ4v) is 5.15. The van der Waals surface area contributed by atoms with E-state index in [1.807, 2.05) is 85.1 Å². The number of nitrogens with zero attached hydrogens (tertiary/aromatic N) is 2. The summed E-state index contributed by atoms with van der Waals surface area (Å²) in [6, 6.07) is 29.7. The number of aromatic nitrogens is 1. The van der Waals surface area contributed by atoms with Crippen LogP contribution >= 0.6 is 0 Å². The maximum atomic E-state index is 6.39. The van der Waals surface area contributed by atoms with Gasteiger partial charge in [-0.15, -0.1) is 0 Å². The Kier molecular flexibility index (Phi) is 4.73. The number of aliphatic imine (C=N–C) groups is 1. The van der Waals surface area contributed by atoms with Gasteiger partial charge in [0.2, 0.25) is 0 Å². The Hall–Kier alpha value is -3.85. The average Bonchev–Trinajstić information content (AvgIpc) is 2.90. The molecule has 32 heavy (non-hydrogen) atoms. The maximum Gasteiger partial charge on any atom is 1.20 e. The number of benzene rings is 4. The van der Waals surface area contributed by atoms with Crippen LogP contribution in [0.25, 0.3) is 21.7 Å². The van der Waals surface area contributed by atoms with Crippen LogP contribution in [0.1, 0.15) is 5.56 Å². The Labute approximate surface area is 189 Å². The third-order valence-electron chi connectivity index (χ3n) is 5.35. The van der Waals surface area contributed by atoms with E-state index in [9.17, 15) is 0 Å². The molecule has 5 aromatic rings. The molecular weight excluding hydrogens is 415 g/mol. The molecule has 152 valence electrons. The minimum Gasteiger partial charge on any atom is -0.577 e. The van der Waals surface area contributed by atoms with Crippen molar-refractivity contribution in [1.82, 2.24) is 4.98 Å². The minimum absolute atomic E-state index is 0.637. The van der Waals surface area contributed by atoms with Gasteiger partial charge in [-0.2, -0.15) is 0 Å². The molecule has 0 aliphatic carbocycles. The number of hydrogen-bond donors (Lipinski definition) is 0. The van der Waals surface area contributed by atoms with E-state index in [0.29, 0.717) is 17.2 Å². The van der Waals surface area contributed by atoms with E-state index in [1.165, 1.54) is 0 Å². The van der Waals surface area contributed by atoms with Crippen molar-refractivity contribution in [1.29, 1.82) is 0 Å². The first-order chi connectivity index (χ1) is 15.8. The highest BCUT2D eigenvalue weighted by Crippen LogP contribution is 2.35. The Morgan fingerprint density at radius 2 is 1.44 bits per heavy atom.